The van der Waals surface area contributed by atoms with Crippen LogP contribution in [0.1, 0.15) is 22.3 Å². The smallest absolute Gasteiger partial charge is 0.225 e. The topological polar surface area (TPSA) is 154 Å². The number of aryl methyl sites for hydroxylation is 2. The van der Waals surface area contributed by atoms with Gasteiger partial charge in [0.2, 0.25) is 29.9 Å². The van der Waals surface area contributed by atoms with E-state index in [0.717, 1.165) is 12.1 Å². The third-order valence-electron chi connectivity index (χ3n) is 4.42. The number of sulfone groups is 1. The Balaban J connectivity index is 2.86. The Labute approximate surface area is 159 Å². The maximum Gasteiger partial charge on any atom is 0.238 e. The van der Waals surface area contributed by atoms with Crippen LogP contribution < -0.4 is 10.3 Å². The predicted molar refractivity (Wildman–Crippen MR) is 100 cm³/mol. The summed E-state index contributed by atoms with van der Waals surface area (Å²) in [6, 6.07) is 4.56. The monoisotopic (exact) mass is 432 g/mol. The van der Waals surface area contributed by atoms with Gasteiger partial charge in [-0.2, -0.15) is 0 Å². The van der Waals surface area contributed by atoms with Crippen LogP contribution in [-0.2, 0) is 29.9 Å². The highest BCUT2D eigenvalue weighted by Gasteiger charge is 2.26. The van der Waals surface area contributed by atoms with Crippen molar-refractivity contribution in [2.24, 2.45) is 10.3 Å². The summed E-state index contributed by atoms with van der Waals surface area (Å²) in [6.07, 6.45) is 0. The molecule has 0 amide bonds. The summed E-state index contributed by atoms with van der Waals surface area (Å²) in [5, 5.41) is 10.4. The second-order valence-electron chi connectivity index (χ2n) is 6.32. The van der Waals surface area contributed by atoms with E-state index in [4.69, 9.17) is 10.3 Å². The minimum Gasteiger partial charge on any atom is -0.225 e. The fourth-order valence-corrected chi connectivity index (χ4v) is 6.02. The zero-order chi connectivity index (χ0) is 20.9. The second kappa shape index (κ2) is 6.67. The summed E-state index contributed by atoms with van der Waals surface area (Å²) in [4.78, 5) is -1.23. The molecule has 0 spiro atoms. The van der Waals surface area contributed by atoms with Crippen molar-refractivity contribution in [3.63, 3.8) is 0 Å². The maximum absolute atomic E-state index is 13.0. The van der Waals surface area contributed by atoms with Crippen molar-refractivity contribution in [2.45, 2.75) is 47.3 Å². The van der Waals surface area contributed by atoms with Gasteiger partial charge in [-0.05, 0) is 74.2 Å². The van der Waals surface area contributed by atoms with Gasteiger partial charge >= 0.3 is 0 Å². The molecular formula is C16H20N2O6S3. The van der Waals surface area contributed by atoms with E-state index >= 15 is 0 Å². The van der Waals surface area contributed by atoms with E-state index in [1.807, 2.05) is 0 Å². The number of sulfonamides is 2. The molecule has 27 heavy (non-hydrogen) atoms. The average Bonchev–Trinajstić information content (AvgIpc) is 2.49. The maximum atomic E-state index is 13.0. The Morgan fingerprint density at radius 2 is 0.889 bits per heavy atom. The molecule has 8 nitrogen and oxygen atoms in total. The molecule has 4 N–H and O–H groups in total. The molecule has 2 aromatic rings. The SMILES string of the molecule is Cc1cc(S(=O)(=O)c2cc(C)c(C)c(S(N)(=O)=O)c2)cc(S(N)(=O)=O)c1C. The van der Waals surface area contributed by atoms with Gasteiger partial charge in [-0.3, -0.25) is 0 Å². The lowest BCUT2D eigenvalue weighted by molar-refractivity contribution is 0.593. The van der Waals surface area contributed by atoms with Gasteiger partial charge in [0.05, 0.1) is 19.6 Å². The second-order valence-corrected chi connectivity index (χ2v) is 11.3. The number of hydrogen-bond acceptors (Lipinski definition) is 6. The quantitative estimate of drug-likeness (QED) is 0.736. The molecule has 0 aromatic heterocycles. The van der Waals surface area contributed by atoms with E-state index in [1.54, 1.807) is 13.8 Å². The van der Waals surface area contributed by atoms with Gasteiger partial charge in [0.1, 0.15) is 0 Å². The Hall–Kier alpha value is -1.79. The third kappa shape index (κ3) is 4.06. The fraction of sp³-hybridized carbons (Fsp3) is 0.250. The van der Waals surface area contributed by atoms with Gasteiger partial charge in [-0.15, -0.1) is 0 Å². The van der Waals surface area contributed by atoms with Crippen molar-refractivity contribution in [1.29, 1.82) is 0 Å². The molecule has 0 saturated heterocycles. The predicted octanol–water partition coefficient (Wildman–Crippen LogP) is 1.05. The summed E-state index contributed by atoms with van der Waals surface area (Å²) in [6.45, 7) is 6.14. The van der Waals surface area contributed by atoms with Crippen LogP contribution in [0.25, 0.3) is 0 Å². The van der Waals surface area contributed by atoms with Crippen LogP contribution in [0.5, 0.6) is 0 Å². The van der Waals surface area contributed by atoms with Crippen molar-refractivity contribution in [1.82, 2.24) is 0 Å². The van der Waals surface area contributed by atoms with Crippen LogP contribution in [-0.4, -0.2) is 25.3 Å². The van der Waals surface area contributed by atoms with Gasteiger partial charge in [0, 0.05) is 0 Å². The van der Waals surface area contributed by atoms with Crippen LogP contribution in [0.4, 0.5) is 0 Å². The zero-order valence-electron chi connectivity index (χ0n) is 15.1. The van der Waals surface area contributed by atoms with E-state index in [9.17, 15) is 25.3 Å². The molecule has 0 atom stereocenters. The summed E-state index contributed by atoms with van der Waals surface area (Å²) >= 11 is 0. The van der Waals surface area contributed by atoms with E-state index in [2.05, 4.69) is 0 Å². The summed E-state index contributed by atoms with van der Waals surface area (Å²) < 4.78 is 73.3. The largest absolute Gasteiger partial charge is 0.238 e. The molecule has 0 aliphatic rings. The van der Waals surface area contributed by atoms with Gasteiger partial charge in [-0.25, -0.2) is 35.5 Å². The van der Waals surface area contributed by atoms with Crippen LogP contribution in [0.2, 0.25) is 0 Å². The molecule has 0 bridgehead atoms. The van der Waals surface area contributed by atoms with Gasteiger partial charge in [-0.1, -0.05) is 0 Å². The van der Waals surface area contributed by atoms with Crippen molar-refractivity contribution in [3.05, 3.63) is 46.5 Å². The average molecular weight is 433 g/mol. The van der Waals surface area contributed by atoms with Gasteiger partial charge in [0.15, 0.2) is 0 Å². The Bertz CT molecular complexity index is 1170. The number of hydrogen-bond donors (Lipinski definition) is 2. The van der Waals surface area contributed by atoms with E-state index in [-0.39, 0.29) is 19.6 Å². The van der Waals surface area contributed by atoms with Gasteiger partial charge < -0.3 is 0 Å². The highest BCUT2D eigenvalue weighted by Crippen LogP contribution is 2.30. The molecule has 0 aliphatic heterocycles. The zero-order valence-corrected chi connectivity index (χ0v) is 17.6. The van der Waals surface area contributed by atoms with E-state index < -0.39 is 29.9 Å². The molecule has 0 heterocycles. The first kappa shape index (κ1) is 21.5. The first-order valence-electron chi connectivity index (χ1n) is 7.60. The fourth-order valence-electron chi connectivity index (χ4n) is 2.63. The van der Waals surface area contributed by atoms with Crippen molar-refractivity contribution < 1.29 is 25.3 Å². The molecule has 2 rings (SSSR count). The van der Waals surface area contributed by atoms with Crippen molar-refractivity contribution in [2.75, 3.05) is 0 Å². The minimum atomic E-state index is -4.22. The molecule has 2 aromatic carbocycles. The molecule has 0 unspecified atom stereocenters. The van der Waals surface area contributed by atoms with Crippen molar-refractivity contribution in [3.8, 4) is 0 Å². The first-order valence-corrected chi connectivity index (χ1v) is 12.2. The Morgan fingerprint density at radius 3 is 1.15 bits per heavy atom. The Morgan fingerprint density at radius 1 is 0.593 bits per heavy atom. The highest BCUT2D eigenvalue weighted by molar-refractivity contribution is 7.92. The lowest BCUT2D eigenvalue weighted by Crippen LogP contribution is -2.17. The summed E-state index contributed by atoms with van der Waals surface area (Å²) in [7, 11) is -12.5. The molecular weight excluding hydrogens is 412 g/mol. The van der Waals surface area contributed by atoms with Gasteiger partial charge in [0.25, 0.3) is 0 Å². The lowest BCUT2D eigenvalue weighted by atomic mass is 10.1. The third-order valence-corrected chi connectivity index (χ3v) is 8.21. The van der Waals surface area contributed by atoms with Crippen molar-refractivity contribution >= 4 is 29.9 Å². The van der Waals surface area contributed by atoms with Crippen LogP contribution in [0.3, 0.4) is 0 Å². The molecule has 0 fully saturated rings. The number of nitrogens with two attached hydrogens (primary N) is 2. The van der Waals surface area contributed by atoms with Crippen LogP contribution in [0.15, 0.2) is 43.8 Å². The number of primary sulfonamides is 2. The standard InChI is InChI=1S/C16H20N2O6S3/c1-9-5-13(7-15(11(9)3)26(17,21)22)25(19,20)14-6-10(2)12(4)16(8-14)27(18,23)24/h5-8H,1-4H3,(H2,17,21,22)(H2,18,23,24). The highest BCUT2D eigenvalue weighted by atomic mass is 32.2. The minimum absolute atomic E-state index is 0.307. The number of benzene rings is 2. The van der Waals surface area contributed by atoms with E-state index in [0.29, 0.717) is 22.3 Å². The summed E-state index contributed by atoms with van der Waals surface area (Å²) in [5.74, 6) is 0. The van der Waals surface area contributed by atoms with Crippen LogP contribution in [0, 0.1) is 27.7 Å². The lowest BCUT2D eigenvalue weighted by Gasteiger charge is -2.14. The molecule has 0 radical (unpaired) electrons. The van der Waals surface area contributed by atoms with Crippen LogP contribution >= 0.6 is 0 Å². The molecule has 0 aliphatic carbocycles. The molecule has 11 heteroatoms. The first-order chi connectivity index (χ1) is 12.1. The molecule has 0 saturated carbocycles. The van der Waals surface area contributed by atoms with E-state index in [1.165, 1.54) is 26.0 Å². The number of rotatable bonds is 4. The Kier molecular flexibility index (Phi) is 5.32. The summed E-state index contributed by atoms with van der Waals surface area (Å²) in [5.41, 5.74) is 1.50. The molecule has 148 valence electrons. The normalized spacial score (nSPS) is 13.0.